The van der Waals surface area contributed by atoms with Crippen molar-refractivity contribution < 1.29 is 4.74 Å². The molecule has 94 valence electrons. The molecule has 0 aliphatic heterocycles. The van der Waals surface area contributed by atoms with Crippen LogP contribution in [-0.2, 0) is 0 Å². The first kappa shape index (κ1) is 12.0. The summed E-state index contributed by atoms with van der Waals surface area (Å²) in [7, 11) is 0. The minimum Gasteiger partial charge on any atom is -0.457 e. The molecule has 0 bridgehead atoms. The number of hydrogen-bond acceptors (Lipinski definition) is 2. The summed E-state index contributed by atoms with van der Waals surface area (Å²) in [6, 6.07) is 15.7. The van der Waals surface area contributed by atoms with E-state index in [-0.39, 0.29) is 0 Å². The van der Waals surface area contributed by atoms with Gasteiger partial charge in [0.1, 0.15) is 16.7 Å². The number of benzene rings is 2. The number of nitrogens with zero attached hydrogens (tertiary/aromatic N) is 1. The smallest absolute Gasteiger partial charge is 0.140 e. The molecule has 0 saturated carbocycles. The van der Waals surface area contributed by atoms with Crippen LogP contribution in [0.1, 0.15) is 5.56 Å². The summed E-state index contributed by atoms with van der Waals surface area (Å²) in [6.45, 7) is 2.03. The molecule has 0 radical (unpaired) electrons. The average Bonchev–Trinajstić information content (AvgIpc) is 2.39. The third-order valence-corrected chi connectivity index (χ3v) is 3.21. The van der Waals surface area contributed by atoms with Crippen LogP contribution in [0.3, 0.4) is 0 Å². The van der Waals surface area contributed by atoms with E-state index in [1.54, 1.807) is 6.20 Å². The van der Waals surface area contributed by atoms with Crippen LogP contribution in [0.25, 0.3) is 10.8 Å². The summed E-state index contributed by atoms with van der Waals surface area (Å²) in [6.07, 6.45) is 1.70. The molecule has 2 aromatic carbocycles. The van der Waals surface area contributed by atoms with Crippen molar-refractivity contribution in [1.29, 1.82) is 0 Å². The molecule has 3 rings (SSSR count). The normalized spacial score (nSPS) is 10.6. The molecule has 0 saturated heterocycles. The lowest BCUT2D eigenvalue weighted by Gasteiger charge is -2.10. The highest BCUT2D eigenvalue weighted by Crippen LogP contribution is 2.33. The molecule has 19 heavy (non-hydrogen) atoms. The van der Waals surface area contributed by atoms with E-state index >= 15 is 0 Å². The molecule has 0 N–H and O–H groups in total. The zero-order valence-corrected chi connectivity index (χ0v) is 11.2. The van der Waals surface area contributed by atoms with Gasteiger partial charge in [0.25, 0.3) is 0 Å². The predicted octanol–water partition coefficient (Wildman–Crippen LogP) is 4.99. The Balaban J connectivity index is 2.11. The highest BCUT2D eigenvalue weighted by atomic mass is 35.5. The minimum absolute atomic E-state index is 0.459. The molecule has 0 amide bonds. The second-order valence-electron chi connectivity index (χ2n) is 4.37. The zero-order valence-electron chi connectivity index (χ0n) is 10.4. The molecule has 1 aromatic heterocycles. The topological polar surface area (TPSA) is 22.1 Å². The Morgan fingerprint density at radius 1 is 1.05 bits per heavy atom. The van der Waals surface area contributed by atoms with Crippen LogP contribution >= 0.6 is 11.6 Å². The number of aryl methyl sites for hydroxylation is 1. The van der Waals surface area contributed by atoms with E-state index in [9.17, 15) is 0 Å². The molecule has 3 heteroatoms. The van der Waals surface area contributed by atoms with Gasteiger partial charge in [-0.3, -0.25) is 0 Å². The molecule has 0 aliphatic carbocycles. The Hall–Kier alpha value is -2.06. The number of rotatable bonds is 2. The minimum atomic E-state index is 0.459. The Labute approximate surface area is 116 Å². The quantitative estimate of drug-likeness (QED) is 0.612. The van der Waals surface area contributed by atoms with E-state index in [4.69, 9.17) is 16.3 Å². The highest BCUT2D eigenvalue weighted by Gasteiger charge is 2.07. The predicted molar refractivity (Wildman–Crippen MR) is 78.0 cm³/mol. The fourth-order valence-corrected chi connectivity index (χ4v) is 2.30. The van der Waals surface area contributed by atoms with E-state index in [0.717, 1.165) is 27.8 Å². The van der Waals surface area contributed by atoms with Crippen molar-refractivity contribution in [2.45, 2.75) is 6.92 Å². The lowest BCUT2D eigenvalue weighted by atomic mass is 10.1. The first-order chi connectivity index (χ1) is 9.24. The van der Waals surface area contributed by atoms with Gasteiger partial charge < -0.3 is 4.74 Å². The maximum absolute atomic E-state index is 6.17. The highest BCUT2D eigenvalue weighted by molar-refractivity contribution is 6.34. The van der Waals surface area contributed by atoms with Gasteiger partial charge in [0.2, 0.25) is 0 Å². The van der Waals surface area contributed by atoms with Crippen LogP contribution in [0, 0.1) is 6.92 Å². The Morgan fingerprint density at radius 2 is 1.89 bits per heavy atom. The van der Waals surface area contributed by atoms with E-state index in [2.05, 4.69) is 4.98 Å². The van der Waals surface area contributed by atoms with Gasteiger partial charge in [-0.05, 0) is 42.1 Å². The van der Waals surface area contributed by atoms with Gasteiger partial charge in [-0.25, -0.2) is 4.98 Å². The lowest BCUT2D eigenvalue weighted by molar-refractivity contribution is 0.488. The second kappa shape index (κ2) is 4.90. The lowest BCUT2D eigenvalue weighted by Crippen LogP contribution is -1.88. The Bertz CT molecular complexity index is 734. The van der Waals surface area contributed by atoms with Crippen LogP contribution in [0.4, 0.5) is 0 Å². The average molecular weight is 270 g/mol. The number of ether oxygens (including phenoxy) is 1. The van der Waals surface area contributed by atoms with Crippen molar-refractivity contribution in [3.8, 4) is 11.5 Å². The first-order valence-corrected chi connectivity index (χ1v) is 6.39. The maximum Gasteiger partial charge on any atom is 0.140 e. The van der Waals surface area contributed by atoms with Crippen molar-refractivity contribution in [2.24, 2.45) is 0 Å². The Kier molecular flexibility index (Phi) is 3.10. The summed E-state index contributed by atoms with van der Waals surface area (Å²) in [5.41, 5.74) is 1.15. The van der Waals surface area contributed by atoms with Crippen LogP contribution in [0.15, 0.2) is 54.7 Å². The van der Waals surface area contributed by atoms with Gasteiger partial charge in [-0.1, -0.05) is 35.9 Å². The first-order valence-electron chi connectivity index (χ1n) is 6.02. The maximum atomic E-state index is 6.17. The molecule has 0 unspecified atom stereocenters. The van der Waals surface area contributed by atoms with Crippen molar-refractivity contribution in [3.63, 3.8) is 0 Å². The van der Waals surface area contributed by atoms with E-state index in [1.165, 1.54) is 0 Å². The van der Waals surface area contributed by atoms with Crippen LogP contribution in [0.2, 0.25) is 5.15 Å². The summed E-state index contributed by atoms with van der Waals surface area (Å²) in [5, 5.41) is 2.32. The monoisotopic (exact) mass is 269 g/mol. The summed E-state index contributed by atoms with van der Waals surface area (Å²) in [5.74, 6) is 1.52. The fourth-order valence-electron chi connectivity index (χ4n) is 2.05. The molecule has 0 aliphatic rings. The van der Waals surface area contributed by atoms with Crippen molar-refractivity contribution >= 4 is 22.4 Å². The summed E-state index contributed by atoms with van der Waals surface area (Å²) < 4.78 is 5.93. The fraction of sp³-hybridized carbons (Fsp3) is 0.0625. The molecule has 0 fully saturated rings. The molecule has 2 nitrogen and oxygen atoms in total. The van der Waals surface area contributed by atoms with Gasteiger partial charge in [-0.15, -0.1) is 0 Å². The van der Waals surface area contributed by atoms with Gasteiger partial charge in [-0.2, -0.15) is 0 Å². The molecular formula is C16H12ClNO. The molecule has 1 heterocycles. The summed E-state index contributed by atoms with van der Waals surface area (Å²) in [4.78, 5) is 4.11. The number of pyridine rings is 1. The van der Waals surface area contributed by atoms with Crippen molar-refractivity contribution in [2.75, 3.05) is 0 Å². The SMILES string of the molecule is Cc1cccc(Oc2cccc3ccnc(Cl)c23)c1. The van der Waals surface area contributed by atoms with Crippen molar-refractivity contribution in [1.82, 2.24) is 4.98 Å². The number of aromatic nitrogens is 1. The number of fused-ring (bicyclic) bond motifs is 1. The van der Waals surface area contributed by atoms with Crippen molar-refractivity contribution in [3.05, 3.63) is 65.4 Å². The zero-order chi connectivity index (χ0) is 13.2. The number of halogens is 1. The molecular weight excluding hydrogens is 258 g/mol. The van der Waals surface area contributed by atoms with Gasteiger partial charge in [0.05, 0.1) is 5.39 Å². The van der Waals surface area contributed by atoms with Gasteiger partial charge in [0, 0.05) is 6.20 Å². The van der Waals surface area contributed by atoms with E-state index in [1.807, 2.05) is 55.5 Å². The third kappa shape index (κ3) is 2.40. The van der Waals surface area contributed by atoms with Crippen LogP contribution in [0.5, 0.6) is 11.5 Å². The third-order valence-electron chi connectivity index (χ3n) is 2.92. The van der Waals surface area contributed by atoms with E-state index in [0.29, 0.717) is 5.15 Å². The van der Waals surface area contributed by atoms with Gasteiger partial charge >= 0.3 is 0 Å². The largest absolute Gasteiger partial charge is 0.457 e. The van der Waals surface area contributed by atoms with E-state index < -0.39 is 0 Å². The number of hydrogen-bond donors (Lipinski definition) is 0. The van der Waals surface area contributed by atoms with Crippen LogP contribution < -0.4 is 4.74 Å². The van der Waals surface area contributed by atoms with Crippen LogP contribution in [-0.4, -0.2) is 4.98 Å². The standard InChI is InChI=1S/C16H12ClNO/c1-11-4-2-6-13(10-11)19-14-7-3-5-12-8-9-18-16(17)15(12)14/h2-10H,1H3. The Morgan fingerprint density at radius 3 is 2.74 bits per heavy atom. The summed E-state index contributed by atoms with van der Waals surface area (Å²) >= 11 is 6.17. The molecule has 0 spiro atoms. The molecule has 3 aromatic rings. The van der Waals surface area contributed by atoms with Gasteiger partial charge in [0.15, 0.2) is 0 Å². The molecule has 0 atom stereocenters. The second-order valence-corrected chi connectivity index (χ2v) is 4.73.